The molecule has 1 aromatic heterocycles. The lowest BCUT2D eigenvalue weighted by Gasteiger charge is -2.00. The summed E-state index contributed by atoms with van der Waals surface area (Å²) in [7, 11) is 0. The van der Waals surface area contributed by atoms with Crippen molar-refractivity contribution >= 4 is 15.9 Å². The molecule has 1 saturated carbocycles. The number of hydrogen-bond donors (Lipinski definition) is 1. The average molecular weight is 278 g/mol. The van der Waals surface area contributed by atoms with Crippen molar-refractivity contribution < 1.29 is 0 Å². The Balaban J connectivity index is 2.03. The first-order valence-corrected chi connectivity index (χ1v) is 6.22. The minimum absolute atomic E-state index is 0.616. The summed E-state index contributed by atoms with van der Waals surface area (Å²) in [6, 6.07) is 6.21. The monoisotopic (exact) mass is 277 g/mol. The van der Waals surface area contributed by atoms with E-state index in [1.165, 1.54) is 18.4 Å². The van der Waals surface area contributed by atoms with Crippen molar-refractivity contribution in [3.05, 3.63) is 34.1 Å². The van der Waals surface area contributed by atoms with E-state index in [-0.39, 0.29) is 0 Å². The van der Waals surface area contributed by atoms with Gasteiger partial charge >= 0.3 is 0 Å². The van der Waals surface area contributed by atoms with Gasteiger partial charge < -0.3 is 0 Å². The molecule has 82 valence electrons. The van der Waals surface area contributed by atoms with E-state index >= 15 is 0 Å². The van der Waals surface area contributed by atoms with Crippen molar-refractivity contribution in [1.82, 2.24) is 15.2 Å². The van der Waals surface area contributed by atoms with Crippen LogP contribution in [0.5, 0.6) is 0 Å². The third kappa shape index (κ3) is 1.78. The Bertz CT molecular complexity index is 529. The number of aryl methyl sites for hydroxylation is 1. The van der Waals surface area contributed by atoms with Crippen LogP contribution in [0.1, 0.15) is 30.1 Å². The Kier molecular flexibility index (Phi) is 2.32. The molecule has 1 heterocycles. The van der Waals surface area contributed by atoms with E-state index in [0.717, 1.165) is 21.7 Å². The first-order chi connectivity index (χ1) is 7.74. The van der Waals surface area contributed by atoms with E-state index < -0.39 is 0 Å². The summed E-state index contributed by atoms with van der Waals surface area (Å²) in [5, 5.41) is 7.31. The van der Waals surface area contributed by atoms with E-state index in [1.807, 2.05) is 6.07 Å². The number of nitrogens with zero attached hydrogens (tertiary/aromatic N) is 2. The third-order valence-electron chi connectivity index (χ3n) is 2.83. The molecular formula is C12H12BrN3. The number of benzene rings is 1. The van der Waals surface area contributed by atoms with Crippen LogP contribution in [0.2, 0.25) is 0 Å². The summed E-state index contributed by atoms with van der Waals surface area (Å²) >= 11 is 3.54. The Morgan fingerprint density at radius 1 is 1.38 bits per heavy atom. The van der Waals surface area contributed by atoms with Crippen molar-refractivity contribution in [2.24, 2.45) is 0 Å². The van der Waals surface area contributed by atoms with Crippen molar-refractivity contribution in [1.29, 1.82) is 0 Å². The number of halogens is 1. The largest absolute Gasteiger partial charge is 0.262 e. The van der Waals surface area contributed by atoms with Crippen LogP contribution >= 0.6 is 15.9 Å². The predicted molar refractivity (Wildman–Crippen MR) is 66.2 cm³/mol. The molecule has 4 heteroatoms. The Morgan fingerprint density at radius 3 is 2.94 bits per heavy atom. The quantitative estimate of drug-likeness (QED) is 0.914. The van der Waals surface area contributed by atoms with E-state index in [0.29, 0.717) is 5.92 Å². The minimum atomic E-state index is 0.616. The Labute approximate surface area is 102 Å². The molecule has 0 aliphatic heterocycles. The predicted octanol–water partition coefficient (Wildman–Crippen LogP) is 3.42. The summed E-state index contributed by atoms with van der Waals surface area (Å²) in [6.45, 7) is 2.07. The van der Waals surface area contributed by atoms with Gasteiger partial charge in [0, 0.05) is 16.0 Å². The highest BCUT2D eigenvalue weighted by molar-refractivity contribution is 9.10. The molecule has 0 bridgehead atoms. The van der Waals surface area contributed by atoms with Crippen LogP contribution in [0.15, 0.2) is 22.7 Å². The minimum Gasteiger partial charge on any atom is -0.262 e. The zero-order valence-corrected chi connectivity index (χ0v) is 10.6. The van der Waals surface area contributed by atoms with Gasteiger partial charge in [-0.05, 0) is 31.9 Å². The van der Waals surface area contributed by atoms with Crippen LogP contribution in [0, 0.1) is 6.92 Å². The molecule has 3 nitrogen and oxygen atoms in total. The van der Waals surface area contributed by atoms with Gasteiger partial charge in [-0.15, -0.1) is 0 Å². The van der Waals surface area contributed by atoms with Crippen molar-refractivity contribution in [3.63, 3.8) is 0 Å². The van der Waals surface area contributed by atoms with Crippen LogP contribution in [0.3, 0.4) is 0 Å². The summed E-state index contributed by atoms with van der Waals surface area (Å²) in [5.41, 5.74) is 2.28. The van der Waals surface area contributed by atoms with E-state index in [1.54, 1.807) is 0 Å². The molecule has 0 saturated heterocycles. The lowest BCUT2D eigenvalue weighted by Crippen LogP contribution is -1.85. The van der Waals surface area contributed by atoms with Gasteiger partial charge in [0.25, 0.3) is 0 Å². The molecule has 16 heavy (non-hydrogen) atoms. The number of aromatic nitrogens is 3. The molecule has 1 N–H and O–H groups in total. The van der Waals surface area contributed by atoms with E-state index in [9.17, 15) is 0 Å². The lowest BCUT2D eigenvalue weighted by molar-refractivity contribution is 0.935. The molecular weight excluding hydrogens is 266 g/mol. The van der Waals surface area contributed by atoms with Gasteiger partial charge in [0.1, 0.15) is 5.82 Å². The highest BCUT2D eigenvalue weighted by Crippen LogP contribution is 2.38. The zero-order chi connectivity index (χ0) is 11.1. The fourth-order valence-electron chi connectivity index (χ4n) is 1.74. The van der Waals surface area contributed by atoms with Crippen LogP contribution in [-0.4, -0.2) is 15.2 Å². The summed E-state index contributed by atoms with van der Waals surface area (Å²) < 4.78 is 1.04. The molecule has 1 aliphatic rings. The van der Waals surface area contributed by atoms with Crippen molar-refractivity contribution in [2.45, 2.75) is 25.7 Å². The first kappa shape index (κ1) is 10.0. The molecule has 0 unspecified atom stereocenters. The molecule has 1 aromatic carbocycles. The van der Waals surface area contributed by atoms with Gasteiger partial charge in [-0.25, -0.2) is 4.98 Å². The maximum Gasteiger partial charge on any atom is 0.182 e. The normalized spacial score (nSPS) is 15.4. The number of hydrogen-bond acceptors (Lipinski definition) is 2. The maximum absolute atomic E-state index is 4.55. The SMILES string of the molecule is Cc1ccc(Br)c(-c2n[nH]c(C3CC3)n2)c1. The number of aromatic amines is 1. The second-order valence-corrected chi connectivity index (χ2v) is 5.16. The van der Waals surface area contributed by atoms with E-state index in [2.05, 4.69) is 50.2 Å². The zero-order valence-electron chi connectivity index (χ0n) is 9.00. The van der Waals surface area contributed by atoms with Crippen LogP contribution in [0.25, 0.3) is 11.4 Å². The Hall–Kier alpha value is -1.16. The summed E-state index contributed by atoms with van der Waals surface area (Å²) in [5.74, 6) is 2.44. The van der Waals surface area contributed by atoms with Crippen LogP contribution < -0.4 is 0 Å². The second kappa shape index (κ2) is 3.70. The fourth-order valence-corrected chi connectivity index (χ4v) is 2.17. The molecule has 1 aliphatic carbocycles. The standard InChI is InChI=1S/C12H12BrN3/c1-7-2-5-10(13)9(6-7)12-14-11(15-16-12)8-3-4-8/h2,5-6,8H,3-4H2,1H3,(H,14,15,16). The third-order valence-corrected chi connectivity index (χ3v) is 3.52. The summed E-state index contributed by atoms with van der Waals surface area (Å²) in [4.78, 5) is 4.55. The number of nitrogens with one attached hydrogen (secondary N) is 1. The average Bonchev–Trinajstić information content (AvgIpc) is 3.01. The van der Waals surface area contributed by atoms with Gasteiger partial charge in [0.05, 0.1) is 0 Å². The van der Waals surface area contributed by atoms with Crippen molar-refractivity contribution in [3.8, 4) is 11.4 Å². The second-order valence-electron chi connectivity index (χ2n) is 4.30. The first-order valence-electron chi connectivity index (χ1n) is 5.43. The lowest BCUT2D eigenvalue weighted by atomic mass is 10.1. The summed E-state index contributed by atoms with van der Waals surface area (Å²) in [6.07, 6.45) is 2.48. The smallest absolute Gasteiger partial charge is 0.182 e. The van der Waals surface area contributed by atoms with Gasteiger partial charge in [-0.2, -0.15) is 5.10 Å². The van der Waals surface area contributed by atoms with Crippen molar-refractivity contribution in [2.75, 3.05) is 0 Å². The highest BCUT2D eigenvalue weighted by atomic mass is 79.9. The molecule has 0 amide bonds. The number of H-pyrrole nitrogens is 1. The molecule has 2 aromatic rings. The fraction of sp³-hybridized carbons (Fsp3) is 0.333. The molecule has 0 spiro atoms. The van der Waals surface area contributed by atoms with Gasteiger partial charge in [-0.1, -0.05) is 27.6 Å². The molecule has 3 rings (SSSR count). The molecule has 0 radical (unpaired) electrons. The van der Waals surface area contributed by atoms with Gasteiger partial charge in [0.2, 0.25) is 0 Å². The van der Waals surface area contributed by atoms with Crippen LogP contribution in [-0.2, 0) is 0 Å². The highest BCUT2D eigenvalue weighted by Gasteiger charge is 2.27. The van der Waals surface area contributed by atoms with E-state index in [4.69, 9.17) is 0 Å². The van der Waals surface area contributed by atoms with Gasteiger partial charge in [-0.3, -0.25) is 5.10 Å². The maximum atomic E-state index is 4.55. The molecule has 1 fully saturated rings. The van der Waals surface area contributed by atoms with Gasteiger partial charge in [0.15, 0.2) is 5.82 Å². The number of rotatable bonds is 2. The topological polar surface area (TPSA) is 41.6 Å². The molecule has 0 atom stereocenters. The Morgan fingerprint density at radius 2 is 2.19 bits per heavy atom. The van der Waals surface area contributed by atoms with Crippen LogP contribution in [0.4, 0.5) is 0 Å².